The van der Waals surface area contributed by atoms with Crippen molar-refractivity contribution in [1.29, 1.82) is 0 Å². The minimum Gasteiger partial charge on any atom is -0.351 e. The van der Waals surface area contributed by atoms with Crippen LogP contribution in [0.15, 0.2) is 24.3 Å². The van der Waals surface area contributed by atoms with Crippen LogP contribution < -0.4 is 10.6 Å². The largest absolute Gasteiger partial charge is 0.351 e. The average molecular weight is 253 g/mol. The van der Waals surface area contributed by atoms with Crippen molar-refractivity contribution in [1.82, 2.24) is 10.6 Å². The van der Waals surface area contributed by atoms with Gasteiger partial charge >= 0.3 is 0 Å². The number of amides is 1. The lowest BCUT2D eigenvalue weighted by Crippen LogP contribution is -2.46. The Bertz CT molecular complexity index is 372. The number of carbonyl (C=O) groups excluding carboxylic acids is 1. The monoisotopic (exact) mass is 252 g/mol. The van der Waals surface area contributed by atoms with Crippen molar-refractivity contribution in [3.8, 4) is 0 Å². The first-order valence-corrected chi connectivity index (χ1v) is 6.39. The zero-order valence-corrected chi connectivity index (χ0v) is 10.5. The molecule has 0 aromatic heterocycles. The molecule has 1 fully saturated rings. The minimum atomic E-state index is -0.0175. The molecule has 0 aliphatic carbocycles. The summed E-state index contributed by atoms with van der Waals surface area (Å²) in [7, 11) is 0. The third-order valence-electron chi connectivity index (χ3n) is 3.01. The fourth-order valence-corrected chi connectivity index (χ4v) is 2.12. The van der Waals surface area contributed by atoms with Gasteiger partial charge in [-0.3, -0.25) is 4.79 Å². The number of rotatable bonds is 3. The van der Waals surface area contributed by atoms with E-state index in [0.29, 0.717) is 11.6 Å². The van der Waals surface area contributed by atoms with Gasteiger partial charge < -0.3 is 10.6 Å². The van der Waals surface area contributed by atoms with Gasteiger partial charge in [-0.25, -0.2) is 0 Å². The normalized spacial score (nSPS) is 19.9. The van der Waals surface area contributed by atoms with Gasteiger partial charge in [0.2, 0.25) is 5.91 Å². The third kappa shape index (κ3) is 3.72. The van der Waals surface area contributed by atoms with Crippen LogP contribution in [0.2, 0.25) is 5.02 Å². The van der Waals surface area contributed by atoms with Gasteiger partial charge in [-0.1, -0.05) is 30.2 Å². The summed E-state index contributed by atoms with van der Waals surface area (Å²) in [4.78, 5) is 11.8. The van der Waals surface area contributed by atoms with Crippen LogP contribution in [0.1, 0.15) is 24.8 Å². The van der Waals surface area contributed by atoms with Crippen molar-refractivity contribution >= 4 is 17.5 Å². The summed E-state index contributed by atoms with van der Waals surface area (Å²) in [6.07, 6.45) is 3.24. The molecule has 1 aliphatic heterocycles. The molecular weight excluding hydrogens is 236 g/mol. The number of carbonyl (C=O) groups is 1. The van der Waals surface area contributed by atoms with Gasteiger partial charge in [0.15, 0.2) is 0 Å². The van der Waals surface area contributed by atoms with E-state index in [2.05, 4.69) is 10.6 Å². The Balaban J connectivity index is 1.81. The zero-order valence-electron chi connectivity index (χ0n) is 9.71. The highest BCUT2D eigenvalue weighted by Gasteiger charge is 2.19. The Morgan fingerprint density at radius 3 is 2.76 bits per heavy atom. The minimum absolute atomic E-state index is 0.0175. The van der Waals surface area contributed by atoms with Crippen LogP contribution in [-0.2, 0) is 11.3 Å². The lowest BCUT2D eigenvalue weighted by molar-refractivity contribution is -0.123. The van der Waals surface area contributed by atoms with Crippen LogP contribution in [0.4, 0.5) is 0 Å². The summed E-state index contributed by atoms with van der Waals surface area (Å²) in [5.41, 5.74) is 1.07. The molecule has 2 rings (SSSR count). The molecule has 0 saturated carbocycles. The molecule has 1 saturated heterocycles. The van der Waals surface area contributed by atoms with Crippen molar-refractivity contribution in [2.45, 2.75) is 31.8 Å². The smallest absolute Gasteiger partial charge is 0.237 e. The first kappa shape index (κ1) is 12.4. The summed E-state index contributed by atoms with van der Waals surface area (Å²) in [6.45, 7) is 1.51. The van der Waals surface area contributed by atoms with Gasteiger partial charge in [0, 0.05) is 11.6 Å². The Labute approximate surface area is 107 Å². The first-order valence-electron chi connectivity index (χ1n) is 6.01. The number of hydrogen-bond donors (Lipinski definition) is 2. The van der Waals surface area contributed by atoms with E-state index >= 15 is 0 Å². The molecule has 0 radical (unpaired) electrons. The van der Waals surface area contributed by atoms with E-state index in [9.17, 15) is 4.79 Å². The SMILES string of the molecule is O=C(NCc1ccc(Cl)cc1)[C@@H]1CCCCN1. The van der Waals surface area contributed by atoms with E-state index in [-0.39, 0.29) is 11.9 Å². The molecule has 1 atom stereocenters. The van der Waals surface area contributed by atoms with Crippen molar-refractivity contribution in [3.05, 3.63) is 34.9 Å². The number of hydrogen-bond acceptors (Lipinski definition) is 2. The Hall–Kier alpha value is -1.06. The summed E-state index contributed by atoms with van der Waals surface area (Å²) < 4.78 is 0. The molecule has 1 amide bonds. The molecule has 1 aliphatic rings. The Morgan fingerprint density at radius 1 is 1.35 bits per heavy atom. The van der Waals surface area contributed by atoms with E-state index < -0.39 is 0 Å². The summed E-state index contributed by atoms with van der Waals surface area (Å²) in [6, 6.07) is 7.51. The third-order valence-corrected chi connectivity index (χ3v) is 3.26. The molecule has 0 spiro atoms. The summed E-state index contributed by atoms with van der Waals surface area (Å²) in [5, 5.41) is 6.89. The van der Waals surface area contributed by atoms with Gasteiger partial charge in [-0.15, -0.1) is 0 Å². The second-order valence-electron chi connectivity index (χ2n) is 4.35. The average Bonchev–Trinajstić information content (AvgIpc) is 2.39. The molecule has 2 N–H and O–H groups in total. The van der Waals surface area contributed by atoms with Gasteiger partial charge in [0.1, 0.15) is 0 Å². The molecular formula is C13H17ClN2O. The predicted octanol–water partition coefficient (Wildman–Crippen LogP) is 2.10. The molecule has 1 aromatic rings. The van der Waals surface area contributed by atoms with Crippen molar-refractivity contribution < 1.29 is 4.79 Å². The van der Waals surface area contributed by atoms with Crippen LogP contribution in [0.5, 0.6) is 0 Å². The Morgan fingerprint density at radius 2 is 2.12 bits per heavy atom. The maximum absolute atomic E-state index is 11.8. The predicted molar refractivity (Wildman–Crippen MR) is 68.9 cm³/mol. The van der Waals surface area contributed by atoms with Gasteiger partial charge in [0.25, 0.3) is 0 Å². The number of nitrogens with one attached hydrogen (secondary N) is 2. The highest BCUT2D eigenvalue weighted by molar-refractivity contribution is 6.30. The molecule has 3 nitrogen and oxygen atoms in total. The lowest BCUT2D eigenvalue weighted by Gasteiger charge is -2.22. The molecule has 1 heterocycles. The zero-order chi connectivity index (χ0) is 12.1. The number of benzene rings is 1. The maximum Gasteiger partial charge on any atom is 0.237 e. The lowest BCUT2D eigenvalue weighted by atomic mass is 10.0. The molecule has 0 unspecified atom stereocenters. The van der Waals surface area contributed by atoms with Crippen LogP contribution in [0.25, 0.3) is 0 Å². The maximum atomic E-state index is 11.8. The van der Waals surface area contributed by atoms with E-state index in [1.54, 1.807) is 0 Å². The highest BCUT2D eigenvalue weighted by Crippen LogP contribution is 2.10. The van der Waals surface area contributed by atoms with Gasteiger partial charge in [0.05, 0.1) is 6.04 Å². The fourth-order valence-electron chi connectivity index (χ4n) is 1.99. The van der Waals surface area contributed by atoms with Gasteiger partial charge in [-0.2, -0.15) is 0 Å². The van der Waals surface area contributed by atoms with Crippen molar-refractivity contribution in [3.63, 3.8) is 0 Å². The van der Waals surface area contributed by atoms with E-state index in [1.807, 2.05) is 24.3 Å². The number of halogens is 1. The van der Waals surface area contributed by atoms with Crippen LogP contribution in [-0.4, -0.2) is 18.5 Å². The quantitative estimate of drug-likeness (QED) is 0.865. The molecule has 17 heavy (non-hydrogen) atoms. The molecule has 4 heteroatoms. The van der Waals surface area contributed by atoms with Crippen LogP contribution in [0.3, 0.4) is 0 Å². The first-order chi connectivity index (χ1) is 8.25. The van der Waals surface area contributed by atoms with E-state index in [0.717, 1.165) is 24.9 Å². The van der Waals surface area contributed by atoms with Gasteiger partial charge in [-0.05, 0) is 37.1 Å². The second kappa shape index (κ2) is 6.03. The van der Waals surface area contributed by atoms with E-state index in [4.69, 9.17) is 11.6 Å². The van der Waals surface area contributed by atoms with Crippen LogP contribution in [0, 0.1) is 0 Å². The van der Waals surface area contributed by atoms with Crippen molar-refractivity contribution in [2.75, 3.05) is 6.54 Å². The molecule has 0 bridgehead atoms. The Kier molecular flexibility index (Phi) is 4.40. The second-order valence-corrected chi connectivity index (χ2v) is 4.78. The summed E-state index contributed by atoms with van der Waals surface area (Å²) in [5.74, 6) is 0.0969. The summed E-state index contributed by atoms with van der Waals surface area (Å²) >= 11 is 5.80. The number of piperidine rings is 1. The topological polar surface area (TPSA) is 41.1 Å². The molecule has 1 aromatic carbocycles. The molecule has 92 valence electrons. The fraction of sp³-hybridized carbons (Fsp3) is 0.462. The van der Waals surface area contributed by atoms with Crippen molar-refractivity contribution in [2.24, 2.45) is 0 Å². The highest BCUT2D eigenvalue weighted by atomic mass is 35.5. The van der Waals surface area contributed by atoms with E-state index in [1.165, 1.54) is 6.42 Å². The van der Waals surface area contributed by atoms with Crippen LogP contribution >= 0.6 is 11.6 Å². The standard InChI is InChI=1S/C13H17ClN2O/c14-11-6-4-10(5-7-11)9-16-13(17)12-3-1-2-8-15-12/h4-7,12,15H,1-3,8-9H2,(H,16,17)/t12-/m0/s1.